The summed E-state index contributed by atoms with van der Waals surface area (Å²) >= 11 is 0. The van der Waals surface area contributed by atoms with Crippen LogP contribution in [0.15, 0.2) is 12.1 Å². The molecular formula is C14H20N2O5. The van der Waals surface area contributed by atoms with Gasteiger partial charge in [-0.1, -0.05) is 6.92 Å². The maximum atomic E-state index is 11.3. The Bertz CT molecular complexity index is 559. The second-order valence-corrected chi connectivity index (χ2v) is 5.12. The van der Waals surface area contributed by atoms with Crippen molar-refractivity contribution in [3.8, 4) is 5.75 Å². The monoisotopic (exact) mass is 296 g/mol. The molecule has 0 aromatic heterocycles. The fourth-order valence-electron chi connectivity index (χ4n) is 1.97. The number of carboxylic acid groups (broad SMARTS) is 1. The highest BCUT2D eigenvalue weighted by atomic mass is 16.6. The molecule has 1 atom stereocenters. The molecule has 21 heavy (non-hydrogen) atoms. The van der Waals surface area contributed by atoms with Gasteiger partial charge in [-0.15, -0.1) is 0 Å². The minimum atomic E-state index is -1.25. The third-order valence-corrected chi connectivity index (χ3v) is 3.25. The summed E-state index contributed by atoms with van der Waals surface area (Å²) in [6, 6.07) is 2.98. The van der Waals surface area contributed by atoms with E-state index in [-0.39, 0.29) is 12.3 Å². The fourth-order valence-corrected chi connectivity index (χ4v) is 1.97. The lowest BCUT2D eigenvalue weighted by Crippen LogP contribution is -2.53. The lowest BCUT2D eigenvalue weighted by atomic mass is 10.0. The molecule has 0 fully saturated rings. The van der Waals surface area contributed by atoms with Crippen molar-refractivity contribution in [2.45, 2.75) is 33.2 Å². The molecule has 0 spiro atoms. The number of nitro groups is 1. The van der Waals surface area contributed by atoms with E-state index in [9.17, 15) is 20.0 Å². The van der Waals surface area contributed by atoms with Gasteiger partial charge in [-0.25, -0.2) is 0 Å². The smallest absolute Gasteiger partial charge is 0.327 e. The van der Waals surface area contributed by atoms with Crippen molar-refractivity contribution < 1.29 is 19.6 Å². The van der Waals surface area contributed by atoms with Crippen LogP contribution in [0.3, 0.4) is 0 Å². The van der Waals surface area contributed by atoms with Gasteiger partial charge in [0, 0.05) is 5.56 Å². The number of likely N-dealkylation sites (N-methyl/N-ethyl adjacent to an activating group) is 1. The zero-order chi connectivity index (χ0) is 16.2. The van der Waals surface area contributed by atoms with Gasteiger partial charge >= 0.3 is 5.97 Å². The summed E-state index contributed by atoms with van der Waals surface area (Å²) < 4.78 is 5.51. The minimum absolute atomic E-state index is 0.0453. The highest BCUT2D eigenvalue weighted by Crippen LogP contribution is 2.28. The second-order valence-electron chi connectivity index (χ2n) is 5.12. The predicted octanol–water partition coefficient (Wildman–Crippen LogP) is 2.04. The van der Waals surface area contributed by atoms with Gasteiger partial charge in [0.15, 0.2) is 0 Å². The number of hydrogen-bond donors (Lipinski definition) is 2. The molecule has 0 saturated heterocycles. The van der Waals surface area contributed by atoms with E-state index < -0.39 is 16.4 Å². The Morgan fingerprint density at radius 1 is 1.43 bits per heavy atom. The number of benzene rings is 1. The average molecular weight is 296 g/mol. The number of nitrogens with zero attached hydrogens (tertiary/aromatic N) is 1. The molecular weight excluding hydrogens is 276 g/mol. The Morgan fingerprint density at radius 3 is 2.52 bits per heavy atom. The lowest BCUT2D eigenvalue weighted by Gasteiger charge is -2.26. The molecule has 7 heteroatoms. The van der Waals surface area contributed by atoms with E-state index >= 15 is 0 Å². The number of ether oxygens (including phenoxy) is 1. The van der Waals surface area contributed by atoms with Crippen LogP contribution in [0.2, 0.25) is 0 Å². The molecule has 0 heterocycles. The summed E-state index contributed by atoms with van der Waals surface area (Å²) in [6.07, 6.45) is 0. The van der Waals surface area contributed by atoms with E-state index in [1.54, 1.807) is 26.8 Å². The van der Waals surface area contributed by atoms with Gasteiger partial charge in [-0.3, -0.25) is 20.2 Å². The van der Waals surface area contributed by atoms with Crippen LogP contribution < -0.4 is 10.1 Å². The largest absolute Gasteiger partial charge is 0.491 e. The van der Waals surface area contributed by atoms with Crippen molar-refractivity contribution in [3.63, 3.8) is 0 Å². The molecule has 0 amide bonds. The standard InChI is InChI=1S/C14H20N2O5/c1-5-15-14(4,13(17)18)8-21-12-7-11(16(19)20)9(2)6-10(12)3/h6-7,15H,5,8H2,1-4H3,(H,17,18). The van der Waals surface area contributed by atoms with Crippen LogP contribution in [0.1, 0.15) is 25.0 Å². The lowest BCUT2D eigenvalue weighted by molar-refractivity contribution is -0.385. The van der Waals surface area contributed by atoms with Gasteiger partial charge in [0.25, 0.3) is 5.69 Å². The molecule has 1 unspecified atom stereocenters. The Labute approximate surface area is 123 Å². The van der Waals surface area contributed by atoms with Gasteiger partial charge in [-0.2, -0.15) is 0 Å². The number of carboxylic acids is 1. The molecule has 2 N–H and O–H groups in total. The zero-order valence-electron chi connectivity index (χ0n) is 12.6. The van der Waals surface area contributed by atoms with Crippen LogP contribution in [0.25, 0.3) is 0 Å². The van der Waals surface area contributed by atoms with Crippen molar-refractivity contribution >= 4 is 11.7 Å². The highest BCUT2D eigenvalue weighted by molar-refractivity contribution is 5.78. The first-order valence-electron chi connectivity index (χ1n) is 6.58. The van der Waals surface area contributed by atoms with E-state index in [0.29, 0.717) is 17.9 Å². The predicted molar refractivity (Wildman–Crippen MR) is 77.8 cm³/mol. The Morgan fingerprint density at radius 2 is 2.05 bits per heavy atom. The van der Waals surface area contributed by atoms with Gasteiger partial charge in [0.2, 0.25) is 0 Å². The average Bonchev–Trinajstić information content (AvgIpc) is 2.37. The van der Waals surface area contributed by atoms with Gasteiger partial charge in [0.05, 0.1) is 11.0 Å². The van der Waals surface area contributed by atoms with Crippen LogP contribution in [-0.4, -0.2) is 34.7 Å². The van der Waals surface area contributed by atoms with Crippen molar-refractivity contribution in [1.82, 2.24) is 5.32 Å². The van der Waals surface area contributed by atoms with Crippen LogP contribution >= 0.6 is 0 Å². The first kappa shape index (κ1) is 16.9. The maximum absolute atomic E-state index is 11.3. The maximum Gasteiger partial charge on any atom is 0.327 e. The van der Waals surface area contributed by atoms with Gasteiger partial charge in [-0.05, 0) is 38.9 Å². The summed E-state index contributed by atoms with van der Waals surface area (Å²) in [6.45, 7) is 7.06. The first-order valence-corrected chi connectivity index (χ1v) is 6.58. The zero-order valence-corrected chi connectivity index (χ0v) is 12.6. The van der Waals surface area contributed by atoms with Gasteiger partial charge < -0.3 is 9.84 Å². The second kappa shape index (κ2) is 6.53. The molecule has 0 radical (unpaired) electrons. The molecule has 1 rings (SSSR count). The number of rotatable bonds is 7. The number of hydrogen-bond acceptors (Lipinski definition) is 5. The van der Waals surface area contributed by atoms with Crippen LogP contribution in [-0.2, 0) is 4.79 Å². The van der Waals surface area contributed by atoms with E-state index in [0.717, 1.165) is 5.56 Å². The van der Waals surface area contributed by atoms with E-state index in [2.05, 4.69) is 5.32 Å². The topological polar surface area (TPSA) is 102 Å². The Hall–Kier alpha value is -2.15. The molecule has 0 aliphatic heterocycles. The normalized spacial score (nSPS) is 13.5. The third kappa shape index (κ3) is 3.91. The van der Waals surface area contributed by atoms with Crippen LogP contribution in [0.5, 0.6) is 5.75 Å². The summed E-state index contributed by atoms with van der Waals surface area (Å²) in [5, 5.41) is 23.0. The molecule has 0 saturated carbocycles. The number of aliphatic carboxylic acids is 1. The van der Waals surface area contributed by atoms with Crippen molar-refractivity contribution in [2.75, 3.05) is 13.2 Å². The van der Waals surface area contributed by atoms with E-state index in [1.165, 1.54) is 13.0 Å². The first-order chi connectivity index (χ1) is 9.71. The molecule has 7 nitrogen and oxygen atoms in total. The SMILES string of the molecule is CCNC(C)(COc1cc([N+](=O)[O-])c(C)cc1C)C(=O)O. The third-order valence-electron chi connectivity index (χ3n) is 3.25. The van der Waals surface area contributed by atoms with Gasteiger partial charge in [0.1, 0.15) is 17.9 Å². The molecule has 0 bridgehead atoms. The Kier molecular flexibility index (Phi) is 5.26. The number of nitro benzene ring substituents is 1. The van der Waals surface area contributed by atoms with Crippen LogP contribution in [0, 0.1) is 24.0 Å². The molecule has 1 aromatic rings. The van der Waals surface area contributed by atoms with E-state index in [4.69, 9.17) is 4.74 Å². The number of aryl methyl sites for hydroxylation is 2. The molecule has 1 aromatic carbocycles. The number of nitrogens with one attached hydrogen (secondary N) is 1. The Balaban J connectivity index is 3.00. The summed E-state index contributed by atoms with van der Waals surface area (Å²) in [4.78, 5) is 21.8. The summed E-state index contributed by atoms with van der Waals surface area (Å²) in [5.41, 5.74) is -0.0307. The van der Waals surface area contributed by atoms with E-state index in [1.807, 2.05) is 0 Å². The van der Waals surface area contributed by atoms with Crippen molar-refractivity contribution in [3.05, 3.63) is 33.4 Å². The minimum Gasteiger partial charge on any atom is -0.491 e. The molecule has 0 aliphatic carbocycles. The summed E-state index contributed by atoms with van der Waals surface area (Å²) in [7, 11) is 0. The summed E-state index contributed by atoms with van der Waals surface area (Å²) in [5.74, 6) is -0.721. The highest BCUT2D eigenvalue weighted by Gasteiger charge is 2.33. The van der Waals surface area contributed by atoms with Crippen LogP contribution in [0.4, 0.5) is 5.69 Å². The molecule has 116 valence electrons. The fraction of sp³-hybridized carbons (Fsp3) is 0.500. The quantitative estimate of drug-likeness (QED) is 0.589. The van der Waals surface area contributed by atoms with Crippen molar-refractivity contribution in [2.24, 2.45) is 0 Å². The van der Waals surface area contributed by atoms with Crippen molar-refractivity contribution in [1.29, 1.82) is 0 Å². The number of carbonyl (C=O) groups is 1. The molecule has 0 aliphatic rings.